The first-order chi connectivity index (χ1) is 9.36. The van der Waals surface area contributed by atoms with Crippen LogP contribution in [0.15, 0.2) is 0 Å². The van der Waals surface area contributed by atoms with Gasteiger partial charge in [-0.05, 0) is 18.3 Å². The molecule has 6 nitrogen and oxygen atoms in total. The molecule has 7 heteroatoms. The molecule has 1 aliphatic heterocycles. The highest BCUT2D eigenvalue weighted by Crippen LogP contribution is 2.19. The van der Waals surface area contributed by atoms with E-state index in [4.69, 9.17) is 10.5 Å². The number of halogens is 1. The molecular weight excluding hydrogens is 294 g/mol. The molecule has 0 saturated carbocycles. The summed E-state index contributed by atoms with van der Waals surface area (Å²) in [6.45, 7) is 7.18. The molecule has 0 bridgehead atoms. The maximum atomic E-state index is 12.1. The Morgan fingerprint density at radius 2 is 2.05 bits per heavy atom. The Bertz CT molecular complexity index is 352. The van der Waals surface area contributed by atoms with Crippen LogP contribution in [0.2, 0.25) is 0 Å². The zero-order valence-corrected chi connectivity index (χ0v) is 14.1. The molecule has 0 spiro atoms. The van der Waals surface area contributed by atoms with Gasteiger partial charge in [0.15, 0.2) is 0 Å². The summed E-state index contributed by atoms with van der Waals surface area (Å²) in [5.74, 6) is 0.150. The van der Waals surface area contributed by atoms with Crippen LogP contribution in [-0.2, 0) is 14.3 Å². The van der Waals surface area contributed by atoms with Gasteiger partial charge in [-0.25, -0.2) is 0 Å². The van der Waals surface area contributed by atoms with E-state index in [1.807, 2.05) is 13.8 Å². The monoisotopic (exact) mass is 321 g/mol. The van der Waals surface area contributed by atoms with Gasteiger partial charge >= 0.3 is 0 Å². The summed E-state index contributed by atoms with van der Waals surface area (Å²) in [7, 11) is 1.67. The van der Waals surface area contributed by atoms with E-state index < -0.39 is 6.04 Å². The summed E-state index contributed by atoms with van der Waals surface area (Å²) in [5.41, 5.74) is 5.73. The Morgan fingerprint density at radius 3 is 2.57 bits per heavy atom. The van der Waals surface area contributed by atoms with Gasteiger partial charge in [-0.2, -0.15) is 0 Å². The fourth-order valence-corrected chi connectivity index (χ4v) is 2.26. The molecule has 1 heterocycles. The lowest BCUT2D eigenvalue weighted by Crippen LogP contribution is -2.51. The first-order valence-electron chi connectivity index (χ1n) is 7.20. The number of hydrogen-bond donors (Lipinski definition) is 2. The molecule has 1 fully saturated rings. The van der Waals surface area contributed by atoms with Crippen LogP contribution in [0.4, 0.5) is 0 Å². The number of nitrogens with one attached hydrogen (secondary N) is 1. The van der Waals surface area contributed by atoms with Gasteiger partial charge in [-0.3, -0.25) is 9.59 Å². The third kappa shape index (κ3) is 5.80. The summed E-state index contributed by atoms with van der Waals surface area (Å²) in [5, 5.41) is 2.61. The van der Waals surface area contributed by atoms with Gasteiger partial charge in [0.05, 0.1) is 18.7 Å². The van der Waals surface area contributed by atoms with E-state index in [9.17, 15) is 9.59 Å². The van der Waals surface area contributed by atoms with Crippen molar-refractivity contribution in [3.8, 4) is 0 Å². The normalized spacial score (nSPS) is 23.4. The fourth-order valence-electron chi connectivity index (χ4n) is 2.26. The molecule has 2 unspecified atom stereocenters. The van der Waals surface area contributed by atoms with Crippen LogP contribution in [-0.4, -0.2) is 55.6 Å². The smallest absolute Gasteiger partial charge is 0.242 e. The number of methoxy groups -OCH3 is 1. The van der Waals surface area contributed by atoms with Crippen molar-refractivity contribution in [2.75, 3.05) is 26.7 Å². The third-order valence-corrected chi connectivity index (χ3v) is 3.98. The molecule has 0 aromatic rings. The van der Waals surface area contributed by atoms with Gasteiger partial charge in [0, 0.05) is 20.2 Å². The molecule has 3 atom stereocenters. The van der Waals surface area contributed by atoms with E-state index in [1.54, 1.807) is 12.0 Å². The van der Waals surface area contributed by atoms with Crippen molar-refractivity contribution in [2.24, 2.45) is 17.6 Å². The van der Waals surface area contributed by atoms with E-state index in [0.717, 1.165) is 6.42 Å². The molecule has 0 radical (unpaired) electrons. The third-order valence-electron chi connectivity index (χ3n) is 3.98. The van der Waals surface area contributed by atoms with Gasteiger partial charge in [0.25, 0.3) is 0 Å². The quantitative estimate of drug-likeness (QED) is 0.767. The van der Waals surface area contributed by atoms with E-state index in [0.29, 0.717) is 19.0 Å². The van der Waals surface area contributed by atoms with Gasteiger partial charge < -0.3 is 20.7 Å². The molecule has 1 saturated heterocycles. The number of nitrogens with two attached hydrogens (primary N) is 1. The highest BCUT2D eigenvalue weighted by Gasteiger charge is 2.29. The summed E-state index contributed by atoms with van der Waals surface area (Å²) in [6.07, 6.45) is 0.991. The first kappa shape index (κ1) is 20.1. The summed E-state index contributed by atoms with van der Waals surface area (Å²) in [4.78, 5) is 25.5. The van der Waals surface area contributed by atoms with Crippen molar-refractivity contribution < 1.29 is 14.3 Å². The molecule has 3 N–H and O–H groups in total. The molecule has 21 heavy (non-hydrogen) atoms. The fraction of sp³-hybridized carbons (Fsp3) is 0.857. The minimum Gasteiger partial charge on any atom is -0.379 e. The summed E-state index contributed by atoms with van der Waals surface area (Å²) >= 11 is 0. The second kappa shape index (κ2) is 9.23. The van der Waals surface area contributed by atoms with Crippen LogP contribution in [0.25, 0.3) is 0 Å². The zero-order chi connectivity index (χ0) is 15.3. The molecule has 0 aromatic carbocycles. The number of nitrogens with zero attached hydrogens (tertiary/aromatic N) is 1. The first-order valence-corrected chi connectivity index (χ1v) is 7.20. The Labute approximate surface area is 133 Å². The Morgan fingerprint density at radius 1 is 1.43 bits per heavy atom. The molecule has 2 amide bonds. The second-order valence-corrected chi connectivity index (χ2v) is 5.87. The van der Waals surface area contributed by atoms with Crippen molar-refractivity contribution in [2.45, 2.75) is 39.3 Å². The lowest BCUT2D eigenvalue weighted by atomic mass is 9.96. The lowest BCUT2D eigenvalue weighted by molar-refractivity contribution is -0.137. The Balaban J connectivity index is 0.00000400. The van der Waals surface area contributed by atoms with E-state index >= 15 is 0 Å². The van der Waals surface area contributed by atoms with Crippen molar-refractivity contribution in [3.63, 3.8) is 0 Å². The van der Waals surface area contributed by atoms with E-state index in [2.05, 4.69) is 12.2 Å². The number of carbonyl (C=O) groups excluding carboxylic acids is 2. The van der Waals surface area contributed by atoms with Crippen molar-refractivity contribution in [1.29, 1.82) is 0 Å². The van der Waals surface area contributed by atoms with Gasteiger partial charge in [0.1, 0.15) is 0 Å². The zero-order valence-electron chi connectivity index (χ0n) is 13.3. The molecular formula is C14H28ClN3O3. The molecule has 124 valence electrons. The maximum Gasteiger partial charge on any atom is 0.242 e. The number of rotatable bonds is 5. The Hall–Kier alpha value is -0.850. The van der Waals surface area contributed by atoms with Crippen molar-refractivity contribution >= 4 is 24.2 Å². The van der Waals surface area contributed by atoms with Gasteiger partial charge in [-0.15, -0.1) is 12.4 Å². The van der Waals surface area contributed by atoms with Crippen LogP contribution in [0.5, 0.6) is 0 Å². The van der Waals surface area contributed by atoms with Crippen LogP contribution >= 0.6 is 12.4 Å². The molecule has 0 aromatic heterocycles. The molecule has 0 aliphatic carbocycles. The van der Waals surface area contributed by atoms with Crippen LogP contribution in [0.1, 0.15) is 27.2 Å². The van der Waals surface area contributed by atoms with Crippen LogP contribution in [0, 0.1) is 11.8 Å². The predicted octanol–water partition coefficient (Wildman–Crippen LogP) is 0.391. The van der Waals surface area contributed by atoms with Crippen LogP contribution < -0.4 is 11.1 Å². The topological polar surface area (TPSA) is 84.7 Å². The van der Waals surface area contributed by atoms with Crippen molar-refractivity contribution in [1.82, 2.24) is 10.2 Å². The maximum absolute atomic E-state index is 12.1. The lowest BCUT2D eigenvalue weighted by Gasteiger charge is -2.36. The standard InChI is InChI=1S/C14H27N3O3.ClH/c1-9(2)13(15)14(19)16-7-12(18)17-6-5-10(3)11(8-17)20-4;/h9-11,13H,5-8,15H2,1-4H3,(H,16,19);1H/t10?,11?,13-;/m0./s1. The van der Waals surface area contributed by atoms with Gasteiger partial charge in [-0.1, -0.05) is 20.8 Å². The number of carbonyl (C=O) groups is 2. The second-order valence-electron chi connectivity index (χ2n) is 5.87. The number of hydrogen-bond acceptors (Lipinski definition) is 4. The van der Waals surface area contributed by atoms with Gasteiger partial charge in [0.2, 0.25) is 11.8 Å². The SMILES string of the molecule is COC1CN(C(=O)CNC(=O)[C@@H](N)C(C)C)CCC1C.Cl. The summed E-state index contributed by atoms with van der Waals surface area (Å²) in [6, 6.07) is -0.573. The highest BCUT2D eigenvalue weighted by molar-refractivity contribution is 5.87. The Kier molecular flexibility index (Phi) is 8.85. The van der Waals surface area contributed by atoms with E-state index in [1.165, 1.54) is 0 Å². The average molecular weight is 322 g/mol. The van der Waals surface area contributed by atoms with Crippen molar-refractivity contribution in [3.05, 3.63) is 0 Å². The number of piperidine rings is 1. The average Bonchev–Trinajstić information content (AvgIpc) is 2.43. The van der Waals surface area contributed by atoms with E-state index in [-0.39, 0.29) is 42.8 Å². The predicted molar refractivity (Wildman–Crippen MR) is 84.2 cm³/mol. The number of likely N-dealkylation sites (tertiary alicyclic amines) is 1. The number of ether oxygens (including phenoxy) is 1. The largest absolute Gasteiger partial charge is 0.379 e. The molecule has 1 aliphatic rings. The molecule has 1 rings (SSSR count). The minimum absolute atomic E-state index is 0. The summed E-state index contributed by atoms with van der Waals surface area (Å²) < 4.78 is 5.38. The number of amides is 2. The minimum atomic E-state index is -0.573. The highest BCUT2D eigenvalue weighted by atomic mass is 35.5. The van der Waals surface area contributed by atoms with Crippen LogP contribution in [0.3, 0.4) is 0 Å².